The standard InChI is InChI=1S/C7H5F4NO/c1-4-2-6(5(8)3-12-4)13-7(9,10)11/h2-3H,1H3. The van der Waals surface area contributed by atoms with E-state index in [-0.39, 0.29) is 5.69 Å². The van der Waals surface area contributed by atoms with Gasteiger partial charge in [0.15, 0.2) is 11.6 Å². The quantitative estimate of drug-likeness (QED) is 0.642. The average Bonchev–Trinajstić information content (AvgIpc) is 1.94. The van der Waals surface area contributed by atoms with Gasteiger partial charge in [-0.1, -0.05) is 0 Å². The minimum atomic E-state index is -4.88. The molecule has 0 aliphatic heterocycles. The smallest absolute Gasteiger partial charge is 0.403 e. The third-order valence-corrected chi connectivity index (χ3v) is 1.18. The van der Waals surface area contributed by atoms with Gasteiger partial charge in [-0.05, 0) is 6.92 Å². The van der Waals surface area contributed by atoms with E-state index in [1.807, 2.05) is 0 Å². The van der Waals surface area contributed by atoms with Crippen molar-refractivity contribution in [2.45, 2.75) is 13.3 Å². The van der Waals surface area contributed by atoms with Crippen LogP contribution in [0.2, 0.25) is 0 Å². The molecule has 0 saturated carbocycles. The van der Waals surface area contributed by atoms with Crippen molar-refractivity contribution in [1.29, 1.82) is 0 Å². The van der Waals surface area contributed by atoms with Crippen molar-refractivity contribution in [2.75, 3.05) is 0 Å². The molecule has 0 bridgehead atoms. The molecule has 2 nitrogen and oxygen atoms in total. The summed E-state index contributed by atoms with van der Waals surface area (Å²) in [4.78, 5) is 3.45. The van der Waals surface area contributed by atoms with E-state index in [4.69, 9.17) is 0 Å². The number of hydrogen-bond acceptors (Lipinski definition) is 2. The second kappa shape index (κ2) is 3.20. The molecule has 1 aromatic rings. The maximum atomic E-state index is 12.6. The molecule has 0 saturated heterocycles. The molecule has 1 heterocycles. The van der Waals surface area contributed by atoms with Crippen molar-refractivity contribution < 1.29 is 22.3 Å². The van der Waals surface area contributed by atoms with Gasteiger partial charge in [0.1, 0.15) is 0 Å². The summed E-state index contributed by atoms with van der Waals surface area (Å²) in [6.45, 7) is 1.43. The molecular weight excluding hydrogens is 190 g/mol. The molecular formula is C7H5F4NO. The summed E-state index contributed by atoms with van der Waals surface area (Å²) in [5.41, 5.74) is 0.251. The maximum Gasteiger partial charge on any atom is 0.573 e. The Kier molecular flexibility index (Phi) is 2.40. The SMILES string of the molecule is Cc1cc(OC(F)(F)F)c(F)cn1. The second-order valence-corrected chi connectivity index (χ2v) is 2.30. The van der Waals surface area contributed by atoms with Crippen LogP contribution in [0, 0.1) is 12.7 Å². The lowest BCUT2D eigenvalue weighted by Gasteiger charge is -2.09. The third-order valence-electron chi connectivity index (χ3n) is 1.18. The fourth-order valence-corrected chi connectivity index (χ4v) is 0.721. The summed E-state index contributed by atoms with van der Waals surface area (Å²) in [5, 5.41) is 0. The highest BCUT2D eigenvalue weighted by Crippen LogP contribution is 2.25. The Morgan fingerprint density at radius 2 is 2.00 bits per heavy atom. The van der Waals surface area contributed by atoms with Crippen LogP contribution in [0.5, 0.6) is 5.75 Å². The first-order chi connectivity index (χ1) is 5.88. The Bertz CT molecular complexity index is 310. The van der Waals surface area contributed by atoms with Gasteiger partial charge in [0, 0.05) is 11.8 Å². The molecule has 0 N–H and O–H groups in total. The van der Waals surface area contributed by atoms with Gasteiger partial charge in [-0.25, -0.2) is 4.39 Å². The predicted octanol–water partition coefficient (Wildman–Crippen LogP) is 2.43. The first-order valence-corrected chi connectivity index (χ1v) is 3.26. The molecule has 6 heteroatoms. The molecule has 0 aliphatic rings. The van der Waals surface area contributed by atoms with E-state index >= 15 is 0 Å². The lowest BCUT2D eigenvalue weighted by molar-refractivity contribution is -0.275. The highest BCUT2D eigenvalue weighted by Gasteiger charge is 2.32. The van der Waals surface area contributed by atoms with Gasteiger partial charge in [-0.15, -0.1) is 13.2 Å². The second-order valence-electron chi connectivity index (χ2n) is 2.30. The topological polar surface area (TPSA) is 22.1 Å². The molecule has 0 spiro atoms. The van der Waals surface area contributed by atoms with Crippen molar-refractivity contribution in [3.05, 3.63) is 23.8 Å². The van der Waals surface area contributed by atoms with E-state index < -0.39 is 17.9 Å². The van der Waals surface area contributed by atoms with E-state index in [1.165, 1.54) is 6.92 Å². The van der Waals surface area contributed by atoms with E-state index in [1.54, 1.807) is 0 Å². The van der Waals surface area contributed by atoms with Crippen LogP contribution >= 0.6 is 0 Å². The van der Waals surface area contributed by atoms with Gasteiger partial charge in [0.2, 0.25) is 0 Å². The summed E-state index contributed by atoms with van der Waals surface area (Å²) in [5.74, 6) is -2.00. The van der Waals surface area contributed by atoms with E-state index in [2.05, 4.69) is 9.72 Å². The Labute approximate surface area is 71.2 Å². The van der Waals surface area contributed by atoms with E-state index in [0.717, 1.165) is 6.07 Å². The molecule has 13 heavy (non-hydrogen) atoms. The molecule has 0 aliphatic carbocycles. The number of hydrogen-bond donors (Lipinski definition) is 0. The van der Waals surface area contributed by atoms with Crippen LogP contribution < -0.4 is 4.74 Å². The number of pyridine rings is 1. The van der Waals surface area contributed by atoms with E-state index in [0.29, 0.717) is 6.20 Å². The number of aromatic nitrogens is 1. The normalized spacial score (nSPS) is 11.5. The Balaban J connectivity index is 2.94. The largest absolute Gasteiger partial charge is 0.573 e. The average molecular weight is 195 g/mol. The number of halogens is 4. The molecule has 0 unspecified atom stereocenters. The molecule has 0 amide bonds. The number of alkyl halides is 3. The van der Waals surface area contributed by atoms with Crippen LogP contribution in [0.25, 0.3) is 0 Å². The maximum absolute atomic E-state index is 12.6. The van der Waals surface area contributed by atoms with Gasteiger partial charge in [-0.3, -0.25) is 4.98 Å². The zero-order valence-electron chi connectivity index (χ0n) is 6.52. The summed E-state index contributed by atoms with van der Waals surface area (Å²) in [6, 6.07) is 0.878. The minimum Gasteiger partial charge on any atom is -0.403 e. The number of aryl methyl sites for hydroxylation is 1. The molecule has 0 atom stereocenters. The molecule has 72 valence electrons. The summed E-state index contributed by atoms with van der Waals surface area (Å²) >= 11 is 0. The van der Waals surface area contributed by atoms with Gasteiger partial charge >= 0.3 is 6.36 Å². The van der Waals surface area contributed by atoms with Crippen LogP contribution in [-0.2, 0) is 0 Å². The number of nitrogens with zero attached hydrogens (tertiary/aromatic N) is 1. The molecule has 1 aromatic heterocycles. The Morgan fingerprint density at radius 3 is 2.54 bits per heavy atom. The van der Waals surface area contributed by atoms with Crippen LogP contribution in [0.1, 0.15) is 5.69 Å². The van der Waals surface area contributed by atoms with Gasteiger partial charge in [0.05, 0.1) is 6.20 Å². The van der Waals surface area contributed by atoms with Gasteiger partial charge in [-0.2, -0.15) is 0 Å². The monoisotopic (exact) mass is 195 g/mol. The van der Waals surface area contributed by atoms with Crippen LogP contribution in [0.3, 0.4) is 0 Å². The Hall–Kier alpha value is -1.33. The molecule has 0 radical (unpaired) electrons. The van der Waals surface area contributed by atoms with Gasteiger partial charge < -0.3 is 4.74 Å². The van der Waals surface area contributed by atoms with Crippen molar-refractivity contribution >= 4 is 0 Å². The fourth-order valence-electron chi connectivity index (χ4n) is 0.721. The lowest BCUT2D eigenvalue weighted by Crippen LogP contribution is -2.18. The number of ether oxygens (including phenoxy) is 1. The summed E-state index contributed by atoms with van der Waals surface area (Å²) in [7, 11) is 0. The molecule has 0 fully saturated rings. The fraction of sp³-hybridized carbons (Fsp3) is 0.286. The lowest BCUT2D eigenvalue weighted by atomic mass is 10.3. The highest BCUT2D eigenvalue weighted by atomic mass is 19.4. The van der Waals surface area contributed by atoms with Crippen LogP contribution in [0.15, 0.2) is 12.3 Å². The van der Waals surface area contributed by atoms with Crippen molar-refractivity contribution in [2.24, 2.45) is 0 Å². The zero-order valence-corrected chi connectivity index (χ0v) is 6.52. The predicted molar refractivity (Wildman–Crippen MR) is 35.6 cm³/mol. The summed E-state index contributed by atoms with van der Waals surface area (Å²) < 4.78 is 50.9. The molecule has 1 rings (SSSR count). The minimum absolute atomic E-state index is 0.251. The van der Waals surface area contributed by atoms with E-state index in [9.17, 15) is 17.6 Å². The van der Waals surface area contributed by atoms with Crippen molar-refractivity contribution in [3.63, 3.8) is 0 Å². The van der Waals surface area contributed by atoms with Crippen molar-refractivity contribution in [1.82, 2.24) is 4.98 Å². The Morgan fingerprint density at radius 1 is 1.38 bits per heavy atom. The summed E-state index contributed by atoms with van der Waals surface area (Å²) in [6.07, 6.45) is -4.20. The van der Waals surface area contributed by atoms with Crippen LogP contribution in [-0.4, -0.2) is 11.3 Å². The van der Waals surface area contributed by atoms with Crippen molar-refractivity contribution in [3.8, 4) is 5.75 Å². The zero-order chi connectivity index (χ0) is 10.1. The van der Waals surface area contributed by atoms with Gasteiger partial charge in [0.25, 0.3) is 0 Å². The van der Waals surface area contributed by atoms with Crippen LogP contribution in [0.4, 0.5) is 17.6 Å². The first kappa shape index (κ1) is 9.76. The number of rotatable bonds is 1. The third kappa shape index (κ3) is 2.89. The first-order valence-electron chi connectivity index (χ1n) is 3.26. The highest BCUT2D eigenvalue weighted by molar-refractivity contribution is 5.24. The molecule has 0 aromatic carbocycles.